The molecule has 3 aromatic rings. The SMILES string of the molecule is CC(C)(Oc1ccc([N+](=O)[O-])cc1)[C@H]1CC[C@@]2(C)C1=CC1c3ccccc3C2c2ccccc21. The third kappa shape index (κ3) is 2.97. The van der Waals surface area contributed by atoms with E-state index in [1.165, 1.54) is 40.0 Å². The number of hydrogen-bond donors (Lipinski definition) is 0. The number of non-ortho nitro benzene ring substituents is 1. The summed E-state index contributed by atoms with van der Waals surface area (Å²) in [5, 5.41) is 11.0. The Morgan fingerprint density at radius 1 is 0.912 bits per heavy atom. The lowest BCUT2D eigenvalue weighted by molar-refractivity contribution is -0.384. The van der Waals surface area contributed by atoms with Crippen LogP contribution in [0.4, 0.5) is 5.69 Å². The monoisotopic (exact) mass is 451 g/mol. The minimum absolute atomic E-state index is 0.0260. The Bertz CT molecular complexity index is 1280. The van der Waals surface area contributed by atoms with Gasteiger partial charge in [0.1, 0.15) is 11.4 Å². The van der Waals surface area contributed by atoms with Crippen LogP contribution in [0.15, 0.2) is 84.4 Å². The van der Waals surface area contributed by atoms with Gasteiger partial charge in [0.15, 0.2) is 0 Å². The van der Waals surface area contributed by atoms with Crippen LogP contribution >= 0.6 is 0 Å². The fourth-order valence-corrected chi connectivity index (χ4v) is 6.99. The first-order valence-electron chi connectivity index (χ1n) is 12.1. The Morgan fingerprint density at radius 2 is 1.47 bits per heavy atom. The van der Waals surface area contributed by atoms with Crippen molar-refractivity contribution in [2.24, 2.45) is 11.3 Å². The topological polar surface area (TPSA) is 52.4 Å². The summed E-state index contributed by atoms with van der Waals surface area (Å²) >= 11 is 0. The molecule has 7 rings (SSSR count). The summed E-state index contributed by atoms with van der Waals surface area (Å²) < 4.78 is 6.54. The molecule has 0 N–H and O–H groups in total. The molecular weight excluding hydrogens is 422 g/mol. The van der Waals surface area contributed by atoms with Crippen molar-refractivity contribution in [2.45, 2.75) is 51.0 Å². The van der Waals surface area contributed by atoms with Crippen molar-refractivity contribution in [3.05, 3.63) is 117 Å². The largest absolute Gasteiger partial charge is 0.487 e. The van der Waals surface area contributed by atoms with Gasteiger partial charge in [-0.3, -0.25) is 10.1 Å². The van der Waals surface area contributed by atoms with E-state index < -0.39 is 5.60 Å². The van der Waals surface area contributed by atoms with Gasteiger partial charge in [0.05, 0.1) is 4.92 Å². The predicted molar refractivity (Wildman–Crippen MR) is 133 cm³/mol. The summed E-state index contributed by atoms with van der Waals surface area (Å²) in [5.41, 5.74) is 6.97. The van der Waals surface area contributed by atoms with Gasteiger partial charge in [-0.15, -0.1) is 0 Å². The number of benzene rings is 3. The summed E-state index contributed by atoms with van der Waals surface area (Å²) in [7, 11) is 0. The van der Waals surface area contributed by atoms with E-state index >= 15 is 0 Å². The standard InChI is InChI=1S/C30H29NO3/c1-29(2,34-20-14-12-19(13-15-20)31(32)33)26-16-17-30(3)27(26)18-25-21-8-4-6-10-23(21)28(30)24-11-7-5-9-22(24)25/h4-15,18,25-26,28H,16-17H2,1-3H3/t25?,26-,28?,30-/m0/s1. The van der Waals surface area contributed by atoms with E-state index in [1.54, 1.807) is 12.1 Å². The highest BCUT2D eigenvalue weighted by atomic mass is 16.6. The Kier molecular flexibility index (Phi) is 4.54. The molecule has 3 aromatic carbocycles. The van der Waals surface area contributed by atoms with Gasteiger partial charge in [-0.25, -0.2) is 0 Å². The zero-order chi connectivity index (χ0) is 23.7. The van der Waals surface area contributed by atoms with Crippen LogP contribution in [0.1, 0.15) is 67.7 Å². The molecule has 0 saturated heterocycles. The molecule has 0 aliphatic heterocycles. The van der Waals surface area contributed by atoms with E-state index in [-0.39, 0.29) is 27.9 Å². The van der Waals surface area contributed by atoms with Crippen LogP contribution in [0.5, 0.6) is 5.75 Å². The zero-order valence-electron chi connectivity index (χ0n) is 19.8. The van der Waals surface area contributed by atoms with E-state index in [4.69, 9.17) is 4.74 Å². The number of nitrogens with zero attached hydrogens (tertiary/aromatic N) is 1. The molecule has 0 amide bonds. The van der Waals surface area contributed by atoms with Gasteiger partial charge in [-0.05, 0) is 66.5 Å². The van der Waals surface area contributed by atoms with Crippen molar-refractivity contribution in [1.82, 2.24) is 0 Å². The van der Waals surface area contributed by atoms with Crippen LogP contribution in [0.2, 0.25) is 0 Å². The lowest BCUT2D eigenvalue weighted by Gasteiger charge is -2.41. The van der Waals surface area contributed by atoms with Crippen molar-refractivity contribution in [2.75, 3.05) is 0 Å². The van der Waals surface area contributed by atoms with Gasteiger partial charge < -0.3 is 4.74 Å². The van der Waals surface area contributed by atoms with E-state index in [0.717, 1.165) is 12.8 Å². The average Bonchev–Trinajstić information content (AvgIpc) is 3.06. The highest BCUT2D eigenvalue weighted by molar-refractivity contribution is 5.60. The summed E-state index contributed by atoms with van der Waals surface area (Å²) in [4.78, 5) is 10.7. The van der Waals surface area contributed by atoms with Crippen molar-refractivity contribution in [3.63, 3.8) is 0 Å². The molecule has 34 heavy (non-hydrogen) atoms. The Hall–Kier alpha value is -3.40. The molecule has 2 bridgehead atoms. The van der Waals surface area contributed by atoms with Gasteiger partial charge >= 0.3 is 0 Å². The Balaban J connectivity index is 1.42. The second-order valence-corrected chi connectivity index (χ2v) is 10.8. The maximum atomic E-state index is 11.0. The summed E-state index contributed by atoms with van der Waals surface area (Å²) in [6.45, 7) is 6.78. The quantitative estimate of drug-likeness (QED) is 0.236. The first kappa shape index (κ1) is 21.2. The molecule has 4 aliphatic rings. The Morgan fingerprint density at radius 3 is 2.03 bits per heavy atom. The van der Waals surface area contributed by atoms with Gasteiger partial charge in [0.25, 0.3) is 5.69 Å². The second-order valence-electron chi connectivity index (χ2n) is 10.8. The number of allylic oxidation sites excluding steroid dienone is 1. The van der Waals surface area contributed by atoms with E-state index in [0.29, 0.717) is 11.7 Å². The third-order valence-corrected chi connectivity index (χ3v) is 8.52. The van der Waals surface area contributed by atoms with Gasteiger partial charge in [0, 0.05) is 29.9 Å². The smallest absolute Gasteiger partial charge is 0.269 e. The van der Waals surface area contributed by atoms with Crippen molar-refractivity contribution >= 4 is 5.69 Å². The highest BCUT2D eigenvalue weighted by Gasteiger charge is 2.55. The number of nitro benzene ring substituents is 1. The van der Waals surface area contributed by atoms with Gasteiger partial charge in [0.2, 0.25) is 0 Å². The average molecular weight is 452 g/mol. The summed E-state index contributed by atoms with van der Waals surface area (Å²) in [6.07, 6.45) is 4.72. The van der Waals surface area contributed by atoms with Crippen LogP contribution in [-0.4, -0.2) is 10.5 Å². The summed E-state index contributed by atoms with van der Waals surface area (Å²) in [6, 6.07) is 24.4. The second kappa shape index (κ2) is 7.30. The number of hydrogen-bond acceptors (Lipinski definition) is 3. The molecule has 4 nitrogen and oxygen atoms in total. The molecule has 0 aromatic heterocycles. The molecule has 0 spiro atoms. The molecule has 4 aliphatic carbocycles. The van der Waals surface area contributed by atoms with Crippen molar-refractivity contribution in [3.8, 4) is 5.75 Å². The lowest BCUT2D eigenvalue weighted by Crippen LogP contribution is -2.39. The number of ether oxygens (including phenoxy) is 1. The molecular formula is C30H29NO3. The fourth-order valence-electron chi connectivity index (χ4n) is 6.99. The molecule has 172 valence electrons. The molecule has 1 fully saturated rings. The minimum atomic E-state index is -0.443. The van der Waals surface area contributed by atoms with Gasteiger partial charge in [-0.2, -0.15) is 0 Å². The van der Waals surface area contributed by atoms with Gasteiger partial charge in [-0.1, -0.05) is 67.1 Å². The zero-order valence-corrected chi connectivity index (χ0v) is 19.8. The first-order chi connectivity index (χ1) is 16.3. The van der Waals surface area contributed by atoms with E-state index in [9.17, 15) is 10.1 Å². The van der Waals surface area contributed by atoms with Crippen LogP contribution < -0.4 is 4.74 Å². The van der Waals surface area contributed by atoms with Crippen LogP contribution in [-0.2, 0) is 0 Å². The van der Waals surface area contributed by atoms with Crippen molar-refractivity contribution < 1.29 is 9.66 Å². The third-order valence-electron chi connectivity index (χ3n) is 8.52. The lowest BCUT2D eigenvalue weighted by atomic mass is 9.63. The fraction of sp³-hybridized carbons (Fsp3) is 0.333. The maximum absolute atomic E-state index is 11.0. The number of nitro groups is 1. The normalized spacial score (nSPS) is 26.7. The minimum Gasteiger partial charge on any atom is -0.487 e. The summed E-state index contributed by atoms with van der Waals surface area (Å²) in [5.74, 6) is 1.54. The van der Waals surface area contributed by atoms with E-state index in [2.05, 4.69) is 75.4 Å². The number of rotatable bonds is 4. The molecule has 4 heteroatoms. The first-order valence-corrected chi connectivity index (χ1v) is 12.1. The maximum Gasteiger partial charge on any atom is 0.269 e. The van der Waals surface area contributed by atoms with Crippen LogP contribution in [0.3, 0.4) is 0 Å². The Labute approximate surface area is 200 Å². The molecule has 1 saturated carbocycles. The highest BCUT2D eigenvalue weighted by Crippen LogP contribution is 2.65. The molecule has 2 atom stereocenters. The van der Waals surface area contributed by atoms with Crippen molar-refractivity contribution in [1.29, 1.82) is 0 Å². The molecule has 0 radical (unpaired) electrons. The van der Waals surface area contributed by atoms with Crippen LogP contribution in [0.25, 0.3) is 0 Å². The molecule has 0 heterocycles. The van der Waals surface area contributed by atoms with E-state index in [1.807, 2.05) is 0 Å². The predicted octanol–water partition coefficient (Wildman–Crippen LogP) is 7.39. The van der Waals surface area contributed by atoms with Crippen LogP contribution in [0, 0.1) is 21.4 Å². The molecule has 0 unspecified atom stereocenters.